The Kier molecular flexibility index (Phi) is 5.35. The lowest BCUT2D eigenvalue weighted by atomic mass is 10.1. The molecule has 3 N–H and O–H groups in total. The molecule has 2 aromatic rings. The number of nitrogens with one attached hydrogen (secondary N) is 1. The molecule has 4 nitrogen and oxygen atoms in total. The third-order valence-corrected chi connectivity index (χ3v) is 3.25. The van der Waals surface area contributed by atoms with Crippen LogP contribution in [0.4, 0.5) is 5.69 Å². The second-order valence-corrected chi connectivity index (χ2v) is 4.75. The van der Waals surface area contributed by atoms with Crippen molar-refractivity contribution < 1.29 is 14.8 Å². The maximum Gasteiger partial charge on any atom is 0.287 e. The summed E-state index contributed by atoms with van der Waals surface area (Å²) in [5.41, 5.74) is 1.74. The minimum atomic E-state index is -0.248. The summed E-state index contributed by atoms with van der Waals surface area (Å²) in [7, 11) is 1.61. The van der Waals surface area contributed by atoms with E-state index in [1.54, 1.807) is 7.11 Å². The zero-order valence-corrected chi connectivity index (χ0v) is 12.4. The minimum absolute atomic E-state index is 0.0312. The molecule has 21 heavy (non-hydrogen) atoms. The first-order valence-corrected chi connectivity index (χ1v) is 7.07. The van der Waals surface area contributed by atoms with Crippen LogP contribution in [0.2, 0.25) is 0 Å². The summed E-state index contributed by atoms with van der Waals surface area (Å²) in [6, 6.07) is 16.9. The molecule has 0 aliphatic heterocycles. The van der Waals surface area contributed by atoms with E-state index in [9.17, 15) is 4.79 Å². The van der Waals surface area contributed by atoms with Crippen molar-refractivity contribution in [1.82, 2.24) is 0 Å². The standard InChI is InChI=1S/C17H20N2O2/c1-3-18-16(13-8-5-4-6-9-13)17(20)19-14-10-7-11-15(12-14)21-2/h4-12,16,18H,3H2,1-2H3,(H,19,20)/p+1/t16-/m0/s1. The first kappa shape index (κ1) is 15.1. The van der Waals surface area contributed by atoms with Crippen LogP contribution >= 0.6 is 0 Å². The highest BCUT2D eigenvalue weighted by molar-refractivity contribution is 5.94. The van der Waals surface area contributed by atoms with Gasteiger partial charge in [0, 0.05) is 17.3 Å². The summed E-state index contributed by atoms with van der Waals surface area (Å²) in [6.45, 7) is 2.87. The molecule has 0 radical (unpaired) electrons. The average Bonchev–Trinajstić information content (AvgIpc) is 2.53. The van der Waals surface area contributed by atoms with Crippen molar-refractivity contribution in [3.05, 3.63) is 60.2 Å². The van der Waals surface area contributed by atoms with Gasteiger partial charge in [0.2, 0.25) is 0 Å². The largest absolute Gasteiger partial charge is 0.497 e. The zero-order valence-electron chi connectivity index (χ0n) is 12.4. The number of rotatable bonds is 6. The Morgan fingerprint density at radius 3 is 2.62 bits per heavy atom. The number of amides is 1. The van der Waals surface area contributed by atoms with Crippen LogP contribution in [0.15, 0.2) is 54.6 Å². The van der Waals surface area contributed by atoms with E-state index in [0.717, 1.165) is 23.5 Å². The number of methoxy groups -OCH3 is 1. The highest BCUT2D eigenvalue weighted by Gasteiger charge is 2.23. The van der Waals surface area contributed by atoms with Gasteiger partial charge in [-0.25, -0.2) is 0 Å². The van der Waals surface area contributed by atoms with Gasteiger partial charge < -0.3 is 15.4 Å². The van der Waals surface area contributed by atoms with E-state index in [-0.39, 0.29) is 11.9 Å². The fraction of sp³-hybridized carbons (Fsp3) is 0.235. The number of hydrogen-bond acceptors (Lipinski definition) is 2. The summed E-state index contributed by atoms with van der Waals surface area (Å²) in [5, 5.41) is 4.97. The van der Waals surface area contributed by atoms with Gasteiger partial charge in [0.1, 0.15) is 5.75 Å². The van der Waals surface area contributed by atoms with Gasteiger partial charge in [-0.15, -0.1) is 0 Å². The predicted octanol–water partition coefficient (Wildman–Crippen LogP) is 1.96. The molecule has 0 aromatic heterocycles. The highest BCUT2D eigenvalue weighted by Crippen LogP contribution is 2.18. The van der Waals surface area contributed by atoms with Crippen molar-refractivity contribution in [2.24, 2.45) is 0 Å². The molecule has 1 amide bonds. The topological polar surface area (TPSA) is 54.9 Å². The van der Waals surface area contributed by atoms with Gasteiger partial charge in [0.25, 0.3) is 5.91 Å². The molecule has 0 aliphatic rings. The lowest BCUT2D eigenvalue weighted by Crippen LogP contribution is -2.86. The van der Waals surface area contributed by atoms with E-state index in [0.29, 0.717) is 0 Å². The summed E-state index contributed by atoms with van der Waals surface area (Å²) >= 11 is 0. The Labute approximate surface area is 125 Å². The molecule has 0 spiro atoms. The van der Waals surface area contributed by atoms with Crippen LogP contribution in [-0.4, -0.2) is 19.6 Å². The van der Waals surface area contributed by atoms with E-state index in [1.807, 2.05) is 66.8 Å². The maximum atomic E-state index is 12.5. The van der Waals surface area contributed by atoms with Gasteiger partial charge in [-0.2, -0.15) is 0 Å². The van der Waals surface area contributed by atoms with Crippen LogP contribution in [0.25, 0.3) is 0 Å². The number of anilines is 1. The zero-order chi connectivity index (χ0) is 15.1. The number of hydrogen-bond donors (Lipinski definition) is 2. The molecule has 2 aromatic carbocycles. The Morgan fingerprint density at radius 2 is 1.95 bits per heavy atom. The monoisotopic (exact) mass is 285 g/mol. The van der Waals surface area contributed by atoms with Crippen LogP contribution in [0.3, 0.4) is 0 Å². The Balaban J connectivity index is 2.15. The molecule has 0 saturated heterocycles. The fourth-order valence-electron chi connectivity index (χ4n) is 2.21. The quantitative estimate of drug-likeness (QED) is 0.852. The Morgan fingerprint density at radius 1 is 1.19 bits per heavy atom. The van der Waals surface area contributed by atoms with Gasteiger partial charge in [-0.3, -0.25) is 4.79 Å². The van der Waals surface area contributed by atoms with Crippen molar-refractivity contribution in [1.29, 1.82) is 0 Å². The molecule has 0 unspecified atom stereocenters. The van der Waals surface area contributed by atoms with Crippen LogP contribution in [-0.2, 0) is 4.79 Å². The van der Waals surface area contributed by atoms with Gasteiger partial charge in [-0.05, 0) is 19.1 Å². The molecule has 0 bridgehead atoms. The highest BCUT2D eigenvalue weighted by atomic mass is 16.5. The molecule has 1 atom stereocenters. The third kappa shape index (κ3) is 4.07. The van der Waals surface area contributed by atoms with Gasteiger partial charge in [-0.1, -0.05) is 36.4 Å². The van der Waals surface area contributed by atoms with Gasteiger partial charge in [0.05, 0.1) is 13.7 Å². The maximum absolute atomic E-state index is 12.5. The first-order chi connectivity index (χ1) is 10.2. The van der Waals surface area contributed by atoms with Crippen LogP contribution < -0.4 is 15.4 Å². The lowest BCUT2D eigenvalue weighted by molar-refractivity contribution is -0.679. The van der Waals surface area contributed by atoms with Gasteiger partial charge >= 0.3 is 0 Å². The number of likely N-dealkylation sites (N-methyl/N-ethyl adjacent to an activating group) is 1. The predicted molar refractivity (Wildman–Crippen MR) is 83.3 cm³/mol. The lowest BCUT2D eigenvalue weighted by Gasteiger charge is -2.15. The van der Waals surface area contributed by atoms with Gasteiger partial charge in [0.15, 0.2) is 6.04 Å². The average molecular weight is 285 g/mol. The number of carbonyl (C=O) groups is 1. The van der Waals surface area contributed by atoms with Crippen molar-refractivity contribution >= 4 is 11.6 Å². The molecule has 0 saturated carbocycles. The summed E-state index contributed by atoms with van der Waals surface area (Å²) in [5.74, 6) is 0.694. The van der Waals surface area contributed by atoms with E-state index in [4.69, 9.17) is 4.74 Å². The molecule has 4 heteroatoms. The van der Waals surface area contributed by atoms with Crippen molar-refractivity contribution in [3.63, 3.8) is 0 Å². The normalized spacial score (nSPS) is 11.7. The SMILES string of the molecule is CC[NH2+][C@H](C(=O)Nc1cccc(OC)c1)c1ccccc1. The minimum Gasteiger partial charge on any atom is -0.497 e. The van der Waals surface area contributed by atoms with Crippen molar-refractivity contribution in [2.75, 3.05) is 19.0 Å². The summed E-state index contributed by atoms with van der Waals surface area (Å²) in [4.78, 5) is 12.5. The molecule has 0 fully saturated rings. The van der Waals surface area contributed by atoms with Crippen molar-refractivity contribution in [3.8, 4) is 5.75 Å². The van der Waals surface area contributed by atoms with E-state index in [1.165, 1.54) is 0 Å². The smallest absolute Gasteiger partial charge is 0.287 e. The number of quaternary nitrogens is 1. The number of nitrogens with two attached hydrogens (primary N) is 1. The Bertz CT molecular complexity index is 584. The second-order valence-electron chi connectivity index (χ2n) is 4.75. The molecular formula is C17H21N2O2+. The van der Waals surface area contributed by atoms with Crippen LogP contribution in [0.5, 0.6) is 5.75 Å². The number of carbonyl (C=O) groups excluding carboxylic acids is 1. The second kappa shape index (κ2) is 7.45. The third-order valence-electron chi connectivity index (χ3n) is 3.25. The van der Waals surface area contributed by atoms with Crippen LogP contribution in [0.1, 0.15) is 18.5 Å². The van der Waals surface area contributed by atoms with E-state index in [2.05, 4.69) is 5.32 Å². The summed E-state index contributed by atoms with van der Waals surface area (Å²) < 4.78 is 5.17. The van der Waals surface area contributed by atoms with E-state index < -0.39 is 0 Å². The van der Waals surface area contributed by atoms with E-state index >= 15 is 0 Å². The first-order valence-electron chi connectivity index (χ1n) is 7.07. The summed E-state index contributed by atoms with van der Waals surface area (Å²) in [6.07, 6.45) is 0. The molecule has 2 rings (SSSR count). The fourth-order valence-corrected chi connectivity index (χ4v) is 2.21. The molecule has 110 valence electrons. The number of benzene rings is 2. The Hall–Kier alpha value is -2.33. The molecule has 0 heterocycles. The molecule has 0 aliphatic carbocycles. The van der Waals surface area contributed by atoms with Crippen LogP contribution in [0, 0.1) is 0 Å². The molecular weight excluding hydrogens is 264 g/mol. The van der Waals surface area contributed by atoms with Crippen molar-refractivity contribution in [2.45, 2.75) is 13.0 Å². The number of ether oxygens (including phenoxy) is 1.